The number of rotatable bonds is 3. The van der Waals surface area contributed by atoms with Gasteiger partial charge in [-0.25, -0.2) is 8.42 Å². The number of aliphatic imine (C=N–C) groups is 1. The summed E-state index contributed by atoms with van der Waals surface area (Å²) in [6.07, 6.45) is 0.230. The first-order valence-corrected chi connectivity index (χ1v) is 12.4. The van der Waals surface area contributed by atoms with Crippen molar-refractivity contribution in [2.24, 2.45) is 4.99 Å². The van der Waals surface area contributed by atoms with E-state index in [0.717, 1.165) is 21.3 Å². The van der Waals surface area contributed by atoms with Crippen LogP contribution in [0.1, 0.15) is 11.1 Å². The maximum Gasteiger partial charge on any atom is 0.252 e. The molecule has 0 saturated carbocycles. The van der Waals surface area contributed by atoms with Crippen molar-refractivity contribution in [2.75, 3.05) is 16.4 Å². The molecule has 8 heteroatoms. The third kappa shape index (κ3) is 4.18. The molecule has 0 unspecified atom stereocenters. The molecule has 1 amide bonds. The Balaban J connectivity index is 1.63. The van der Waals surface area contributed by atoms with Crippen molar-refractivity contribution in [3.05, 3.63) is 64.1 Å². The van der Waals surface area contributed by atoms with Crippen molar-refractivity contribution < 1.29 is 13.2 Å². The van der Waals surface area contributed by atoms with Gasteiger partial charge < -0.3 is 4.90 Å². The van der Waals surface area contributed by atoms with Gasteiger partial charge in [-0.2, -0.15) is 4.99 Å². The molecule has 2 aromatic rings. The van der Waals surface area contributed by atoms with Crippen molar-refractivity contribution in [1.82, 2.24) is 0 Å². The van der Waals surface area contributed by atoms with Crippen LogP contribution in [0.3, 0.4) is 0 Å². The average Bonchev–Trinajstić information content (AvgIpc) is 3.06. The van der Waals surface area contributed by atoms with Crippen molar-refractivity contribution >= 4 is 54.3 Å². The van der Waals surface area contributed by atoms with Gasteiger partial charge in [0.15, 0.2) is 15.0 Å². The Bertz CT molecular complexity index is 1050. The molecule has 2 aliphatic heterocycles. The SMILES string of the molecule is Cc1cccc(CC(=O)N=C2S[C@H]3CS(=O)(=O)C[C@@H]3N2c2ccc(Br)cc2)c1. The molecule has 0 bridgehead atoms. The minimum atomic E-state index is -3.07. The summed E-state index contributed by atoms with van der Waals surface area (Å²) in [7, 11) is -3.07. The van der Waals surface area contributed by atoms with Gasteiger partial charge in [0.05, 0.1) is 24.0 Å². The first-order valence-electron chi connectivity index (χ1n) is 8.90. The highest BCUT2D eigenvalue weighted by atomic mass is 79.9. The minimum Gasteiger partial charge on any atom is -0.316 e. The van der Waals surface area contributed by atoms with Crippen LogP contribution >= 0.6 is 27.7 Å². The maximum absolute atomic E-state index is 12.6. The number of halogens is 1. The zero-order valence-electron chi connectivity index (χ0n) is 15.2. The average molecular weight is 479 g/mol. The lowest BCUT2D eigenvalue weighted by Gasteiger charge is -2.24. The standard InChI is InChI=1S/C20H19BrN2O3S2/c1-13-3-2-4-14(9-13)10-19(24)22-20-23(16-7-5-15(21)6-8-16)17-11-28(25,26)12-18(17)27-20/h2-9,17-18H,10-12H2,1H3/t17-,18-/m0/s1. The first kappa shape index (κ1) is 19.7. The Morgan fingerprint density at radius 2 is 1.96 bits per heavy atom. The number of hydrogen-bond donors (Lipinski definition) is 0. The lowest BCUT2D eigenvalue weighted by molar-refractivity contribution is -0.117. The van der Waals surface area contributed by atoms with Crippen LogP contribution in [-0.4, -0.2) is 42.3 Å². The minimum absolute atomic E-state index is 0.0891. The number of nitrogens with zero attached hydrogens (tertiary/aromatic N) is 2. The van der Waals surface area contributed by atoms with Gasteiger partial charge in [-0.15, -0.1) is 0 Å². The molecule has 2 atom stereocenters. The first-order chi connectivity index (χ1) is 13.3. The Labute approximate surface area is 177 Å². The number of benzene rings is 2. The molecule has 28 heavy (non-hydrogen) atoms. The monoisotopic (exact) mass is 478 g/mol. The number of thioether (sulfide) groups is 1. The van der Waals surface area contributed by atoms with Crippen molar-refractivity contribution in [3.63, 3.8) is 0 Å². The van der Waals surface area contributed by atoms with Crippen LogP contribution in [-0.2, 0) is 21.1 Å². The number of sulfone groups is 1. The Morgan fingerprint density at radius 3 is 2.68 bits per heavy atom. The zero-order chi connectivity index (χ0) is 19.9. The molecule has 0 radical (unpaired) electrons. The molecule has 4 rings (SSSR count). The van der Waals surface area contributed by atoms with Gasteiger partial charge >= 0.3 is 0 Å². The van der Waals surface area contributed by atoms with Gasteiger partial charge in [-0.05, 0) is 36.8 Å². The predicted molar refractivity (Wildman–Crippen MR) is 118 cm³/mol. The Hall–Kier alpha value is -1.64. The quantitative estimate of drug-likeness (QED) is 0.673. The van der Waals surface area contributed by atoms with E-state index in [1.807, 2.05) is 60.4 Å². The number of aryl methyl sites for hydroxylation is 1. The van der Waals surface area contributed by atoms with Crippen LogP contribution in [0.25, 0.3) is 0 Å². The molecule has 2 aliphatic rings. The predicted octanol–water partition coefficient (Wildman–Crippen LogP) is 3.60. The van der Waals surface area contributed by atoms with Gasteiger partial charge in [0.1, 0.15) is 0 Å². The molecule has 0 spiro atoms. The van der Waals surface area contributed by atoms with E-state index in [9.17, 15) is 13.2 Å². The van der Waals surface area contributed by atoms with Crippen molar-refractivity contribution in [2.45, 2.75) is 24.6 Å². The Kier molecular flexibility index (Phi) is 5.37. The number of hydrogen-bond acceptors (Lipinski definition) is 4. The van der Waals surface area contributed by atoms with Gasteiger partial charge in [0.2, 0.25) is 0 Å². The largest absolute Gasteiger partial charge is 0.316 e. The molecule has 0 N–H and O–H groups in total. The van der Waals surface area contributed by atoms with Crippen molar-refractivity contribution in [1.29, 1.82) is 0 Å². The lowest BCUT2D eigenvalue weighted by Crippen LogP contribution is -2.37. The van der Waals surface area contributed by atoms with E-state index in [1.54, 1.807) is 0 Å². The summed E-state index contributed by atoms with van der Waals surface area (Å²) in [6.45, 7) is 1.99. The molecule has 2 aromatic carbocycles. The normalized spacial score (nSPS) is 24.5. The third-order valence-corrected chi connectivity index (χ3v) is 8.57. The molecule has 0 aromatic heterocycles. The number of amides is 1. The number of amidine groups is 1. The summed E-state index contributed by atoms with van der Waals surface area (Å²) in [5.74, 6) is -0.00948. The summed E-state index contributed by atoms with van der Waals surface area (Å²) in [5.41, 5.74) is 2.88. The highest BCUT2D eigenvalue weighted by molar-refractivity contribution is 9.10. The summed E-state index contributed by atoms with van der Waals surface area (Å²) >= 11 is 4.82. The summed E-state index contributed by atoms with van der Waals surface area (Å²) in [4.78, 5) is 18.9. The molecular formula is C20H19BrN2O3S2. The zero-order valence-corrected chi connectivity index (χ0v) is 18.4. The fourth-order valence-corrected chi connectivity index (χ4v) is 7.81. The highest BCUT2D eigenvalue weighted by Crippen LogP contribution is 2.41. The van der Waals surface area contributed by atoms with Crippen LogP contribution in [0.2, 0.25) is 0 Å². The van der Waals surface area contributed by atoms with Crippen molar-refractivity contribution in [3.8, 4) is 0 Å². The third-order valence-electron chi connectivity index (χ3n) is 4.83. The summed E-state index contributed by atoms with van der Waals surface area (Å²) in [6, 6.07) is 15.3. The number of anilines is 1. The van der Waals surface area contributed by atoms with Gasteiger partial charge in [-0.1, -0.05) is 57.5 Å². The molecule has 2 heterocycles. The van der Waals surface area contributed by atoms with Gasteiger partial charge in [0.25, 0.3) is 5.91 Å². The van der Waals surface area contributed by atoms with Crippen LogP contribution in [0, 0.1) is 6.92 Å². The molecule has 146 valence electrons. The second-order valence-corrected chi connectivity index (χ2v) is 11.4. The van der Waals surface area contributed by atoms with Crippen LogP contribution < -0.4 is 4.90 Å². The van der Waals surface area contributed by atoms with E-state index in [4.69, 9.17) is 0 Å². The molecular weight excluding hydrogens is 460 g/mol. The lowest BCUT2D eigenvalue weighted by atomic mass is 10.1. The van der Waals surface area contributed by atoms with E-state index in [0.29, 0.717) is 5.17 Å². The van der Waals surface area contributed by atoms with E-state index in [1.165, 1.54) is 11.8 Å². The molecule has 2 saturated heterocycles. The van der Waals surface area contributed by atoms with Crippen LogP contribution in [0.5, 0.6) is 0 Å². The van der Waals surface area contributed by atoms with E-state index in [2.05, 4.69) is 20.9 Å². The fraction of sp³-hybridized carbons (Fsp3) is 0.300. The molecule has 2 fully saturated rings. The van der Waals surface area contributed by atoms with Crippen LogP contribution in [0.4, 0.5) is 5.69 Å². The number of fused-ring (bicyclic) bond motifs is 1. The molecule has 5 nitrogen and oxygen atoms in total. The van der Waals surface area contributed by atoms with Gasteiger partial charge in [0, 0.05) is 15.4 Å². The second kappa shape index (κ2) is 7.65. The van der Waals surface area contributed by atoms with Crippen LogP contribution in [0.15, 0.2) is 58.0 Å². The van der Waals surface area contributed by atoms with E-state index >= 15 is 0 Å². The fourth-order valence-electron chi connectivity index (χ4n) is 3.61. The summed E-state index contributed by atoms with van der Waals surface area (Å²) in [5, 5.41) is 0.490. The summed E-state index contributed by atoms with van der Waals surface area (Å²) < 4.78 is 25.2. The molecule has 0 aliphatic carbocycles. The van der Waals surface area contributed by atoms with E-state index < -0.39 is 9.84 Å². The van der Waals surface area contributed by atoms with Gasteiger partial charge in [-0.3, -0.25) is 4.79 Å². The maximum atomic E-state index is 12.6. The number of carbonyl (C=O) groups is 1. The smallest absolute Gasteiger partial charge is 0.252 e. The second-order valence-electron chi connectivity index (χ2n) is 7.10. The topological polar surface area (TPSA) is 66.8 Å². The highest BCUT2D eigenvalue weighted by Gasteiger charge is 2.49. The number of carbonyl (C=O) groups excluding carboxylic acids is 1. The Morgan fingerprint density at radius 1 is 1.21 bits per heavy atom. The van der Waals surface area contributed by atoms with E-state index in [-0.39, 0.29) is 35.1 Å².